The van der Waals surface area contributed by atoms with Gasteiger partial charge in [0.2, 0.25) is 5.91 Å². The van der Waals surface area contributed by atoms with Gasteiger partial charge in [-0.25, -0.2) is 14.4 Å². The van der Waals surface area contributed by atoms with Gasteiger partial charge in [-0.15, -0.1) is 0 Å². The van der Waals surface area contributed by atoms with Crippen LogP contribution in [0, 0.1) is 11.7 Å². The largest absolute Gasteiger partial charge is 0.351 e. The van der Waals surface area contributed by atoms with Gasteiger partial charge in [-0.2, -0.15) is 0 Å². The molecule has 0 spiro atoms. The summed E-state index contributed by atoms with van der Waals surface area (Å²) in [5, 5.41) is 3.73. The third kappa shape index (κ3) is 4.95. The number of carbonyl (C=O) groups excluding carboxylic acids is 1. The summed E-state index contributed by atoms with van der Waals surface area (Å²) in [5.41, 5.74) is 1.03. The zero-order valence-corrected chi connectivity index (χ0v) is 16.5. The maximum Gasteiger partial charge on any atom is 0.263 e. The standard InChI is InChI=1S/C20H21FN4O2S/c1-13(2)11-25-19(27)16-4-3-9-22-18(16)24-20(25)28-12-17(26)23-10-14-5-7-15(21)8-6-14/h3-9,13H,10-12H2,1-2H3,(H,23,26). The van der Waals surface area contributed by atoms with E-state index in [0.29, 0.717) is 29.3 Å². The van der Waals surface area contributed by atoms with Crippen LogP contribution in [0.4, 0.5) is 4.39 Å². The molecule has 0 atom stereocenters. The van der Waals surface area contributed by atoms with Gasteiger partial charge in [0.25, 0.3) is 5.56 Å². The summed E-state index contributed by atoms with van der Waals surface area (Å²) in [5.74, 6) is -0.143. The van der Waals surface area contributed by atoms with Gasteiger partial charge in [-0.3, -0.25) is 14.2 Å². The van der Waals surface area contributed by atoms with Gasteiger partial charge in [0.15, 0.2) is 10.8 Å². The fourth-order valence-corrected chi connectivity index (χ4v) is 3.48. The molecule has 6 nitrogen and oxygen atoms in total. The van der Waals surface area contributed by atoms with Crippen LogP contribution in [0.25, 0.3) is 11.0 Å². The first-order valence-electron chi connectivity index (χ1n) is 8.93. The number of nitrogens with one attached hydrogen (secondary N) is 1. The first-order valence-corrected chi connectivity index (χ1v) is 9.92. The van der Waals surface area contributed by atoms with Gasteiger partial charge < -0.3 is 5.32 Å². The van der Waals surface area contributed by atoms with Gasteiger partial charge in [0, 0.05) is 19.3 Å². The predicted molar refractivity (Wildman–Crippen MR) is 108 cm³/mol. The molecule has 0 aliphatic heterocycles. The molecule has 1 aromatic carbocycles. The summed E-state index contributed by atoms with van der Waals surface area (Å²) in [7, 11) is 0. The normalized spacial score (nSPS) is 11.1. The zero-order valence-electron chi connectivity index (χ0n) is 15.7. The number of halogens is 1. The van der Waals surface area contributed by atoms with Crippen molar-refractivity contribution < 1.29 is 9.18 Å². The number of thioether (sulfide) groups is 1. The van der Waals surface area contributed by atoms with E-state index in [1.165, 1.54) is 23.9 Å². The Morgan fingerprint density at radius 2 is 2.00 bits per heavy atom. The highest BCUT2D eigenvalue weighted by atomic mass is 32.2. The number of hydrogen-bond donors (Lipinski definition) is 1. The van der Waals surface area contributed by atoms with Crippen LogP contribution in [0.1, 0.15) is 19.4 Å². The average Bonchev–Trinajstić information content (AvgIpc) is 2.68. The average molecular weight is 400 g/mol. The van der Waals surface area contributed by atoms with Crippen molar-refractivity contribution in [2.45, 2.75) is 32.1 Å². The number of pyridine rings is 1. The molecule has 1 amide bonds. The van der Waals surface area contributed by atoms with E-state index in [1.54, 1.807) is 35.0 Å². The minimum absolute atomic E-state index is 0.115. The molecule has 0 bridgehead atoms. The van der Waals surface area contributed by atoms with E-state index in [9.17, 15) is 14.0 Å². The second kappa shape index (κ2) is 8.97. The first kappa shape index (κ1) is 20.0. The van der Waals surface area contributed by atoms with Crippen LogP contribution < -0.4 is 10.9 Å². The Balaban J connectivity index is 1.72. The lowest BCUT2D eigenvalue weighted by Gasteiger charge is -2.14. The molecular weight excluding hydrogens is 379 g/mol. The zero-order chi connectivity index (χ0) is 20.1. The summed E-state index contributed by atoms with van der Waals surface area (Å²) in [6, 6.07) is 9.37. The molecule has 3 aromatic rings. The smallest absolute Gasteiger partial charge is 0.263 e. The SMILES string of the molecule is CC(C)Cn1c(SCC(=O)NCc2ccc(F)cc2)nc2ncccc2c1=O. The van der Waals surface area contributed by atoms with E-state index in [0.717, 1.165) is 5.56 Å². The topological polar surface area (TPSA) is 76.9 Å². The van der Waals surface area contributed by atoms with Crippen molar-refractivity contribution in [2.24, 2.45) is 5.92 Å². The number of benzene rings is 1. The lowest BCUT2D eigenvalue weighted by atomic mass is 10.2. The molecule has 0 aliphatic carbocycles. The Bertz CT molecular complexity index is 1030. The molecule has 8 heteroatoms. The van der Waals surface area contributed by atoms with E-state index in [4.69, 9.17) is 0 Å². The van der Waals surface area contributed by atoms with Crippen molar-refractivity contribution in [3.05, 3.63) is 64.3 Å². The molecule has 0 radical (unpaired) electrons. The summed E-state index contributed by atoms with van der Waals surface area (Å²) in [6.07, 6.45) is 1.59. The van der Waals surface area contributed by atoms with E-state index < -0.39 is 0 Å². The van der Waals surface area contributed by atoms with Crippen molar-refractivity contribution in [3.63, 3.8) is 0 Å². The maximum atomic E-state index is 12.9. The van der Waals surface area contributed by atoms with E-state index in [-0.39, 0.29) is 29.0 Å². The van der Waals surface area contributed by atoms with Crippen molar-refractivity contribution >= 4 is 28.7 Å². The number of rotatable bonds is 7. The molecule has 0 aliphatic rings. The Kier molecular flexibility index (Phi) is 6.41. The summed E-state index contributed by atoms with van der Waals surface area (Å²) in [6.45, 7) is 4.86. The van der Waals surface area contributed by atoms with Crippen LogP contribution >= 0.6 is 11.8 Å². The molecule has 28 heavy (non-hydrogen) atoms. The second-order valence-electron chi connectivity index (χ2n) is 6.77. The van der Waals surface area contributed by atoms with Crippen LogP contribution in [0.5, 0.6) is 0 Å². The van der Waals surface area contributed by atoms with Crippen molar-refractivity contribution in [3.8, 4) is 0 Å². The van der Waals surface area contributed by atoms with Crippen LogP contribution in [0.2, 0.25) is 0 Å². The molecule has 0 unspecified atom stereocenters. The highest BCUT2D eigenvalue weighted by Crippen LogP contribution is 2.18. The van der Waals surface area contributed by atoms with Crippen LogP contribution in [-0.4, -0.2) is 26.2 Å². The molecule has 0 saturated carbocycles. The second-order valence-corrected chi connectivity index (χ2v) is 7.71. The molecule has 2 heterocycles. The number of carbonyl (C=O) groups is 1. The number of amides is 1. The van der Waals surface area contributed by atoms with Crippen LogP contribution in [-0.2, 0) is 17.9 Å². The summed E-state index contributed by atoms with van der Waals surface area (Å²) in [4.78, 5) is 33.7. The van der Waals surface area contributed by atoms with Gasteiger partial charge >= 0.3 is 0 Å². The molecule has 3 rings (SSSR count). The fraction of sp³-hybridized carbons (Fsp3) is 0.300. The molecule has 1 N–H and O–H groups in total. The van der Waals surface area contributed by atoms with Gasteiger partial charge in [-0.05, 0) is 35.7 Å². The highest BCUT2D eigenvalue weighted by molar-refractivity contribution is 7.99. The lowest BCUT2D eigenvalue weighted by molar-refractivity contribution is -0.118. The monoisotopic (exact) mass is 400 g/mol. The van der Waals surface area contributed by atoms with Crippen molar-refractivity contribution in [1.82, 2.24) is 19.9 Å². The minimum Gasteiger partial charge on any atom is -0.351 e. The predicted octanol–water partition coefficient (Wildman–Crippen LogP) is 3.00. The van der Waals surface area contributed by atoms with Crippen LogP contribution in [0.15, 0.2) is 52.5 Å². The fourth-order valence-electron chi connectivity index (χ4n) is 2.66. The molecule has 2 aromatic heterocycles. The van der Waals surface area contributed by atoms with Gasteiger partial charge in [-0.1, -0.05) is 37.7 Å². The first-order chi connectivity index (χ1) is 13.4. The molecule has 146 valence electrons. The van der Waals surface area contributed by atoms with E-state index >= 15 is 0 Å². The number of nitrogens with zero attached hydrogens (tertiary/aromatic N) is 3. The number of fused-ring (bicyclic) bond motifs is 1. The van der Waals surface area contributed by atoms with E-state index in [1.807, 2.05) is 13.8 Å². The quantitative estimate of drug-likeness (QED) is 0.487. The third-order valence-corrected chi connectivity index (χ3v) is 4.95. The number of aromatic nitrogens is 3. The van der Waals surface area contributed by atoms with Gasteiger partial charge in [0.1, 0.15) is 5.82 Å². The molecule has 0 fully saturated rings. The van der Waals surface area contributed by atoms with Crippen molar-refractivity contribution in [1.29, 1.82) is 0 Å². The van der Waals surface area contributed by atoms with Crippen LogP contribution in [0.3, 0.4) is 0 Å². The highest BCUT2D eigenvalue weighted by Gasteiger charge is 2.14. The van der Waals surface area contributed by atoms with Crippen molar-refractivity contribution in [2.75, 3.05) is 5.75 Å². The lowest BCUT2D eigenvalue weighted by Crippen LogP contribution is -2.28. The molecule has 0 saturated heterocycles. The van der Waals surface area contributed by atoms with Gasteiger partial charge in [0.05, 0.1) is 11.1 Å². The summed E-state index contributed by atoms with van der Waals surface area (Å²) >= 11 is 1.20. The minimum atomic E-state index is -0.315. The Morgan fingerprint density at radius 3 is 2.71 bits per heavy atom. The Labute approximate surface area is 166 Å². The van der Waals surface area contributed by atoms with E-state index in [2.05, 4.69) is 15.3 Å². The Hall–Kier alpha value is -2.74. The Morgan fingerprint density at radius 1 is 1.25 bits per heavy atom. The number of hydrogen-bond acceptors (Lipinski definition) is 5. The summed E-state index contributed by atoms with van der Waals surface area (Å²) < 4.78 is 14.5. The molecular formula is C20H21FN4O2S. The maximum absolute atomic E-state index is 12.9. The third-order valence-electron chi connectivity index (χ3n) is 3.98.